The van der Waals surface area contributed by atoms with Crippen molar-refractivity contribution in [3.8, 4) is 0 Å². The zero-order valence-corrected chi connectivity index (χ0v) is 11.3. The average molecular weight is 247 g/mol. The van der Waals surface area contributed by atoms with Crippen molar-refractivity contribution in [2.45, 2.75) is 51.6 Å². The van der Waals surface area contributed by atoms with Gasteiger partial charge in [-0.05, 0) is 50.3 Å². The summed E-state index contributed by atoms with van der Waals surface area (Å²) in [6.45, 7) is 5.82. The standard InChI is InChI=1S/C15H21NO2/c1-10-7-8-12(9-11(10)2)15(3,14(17)18)16-13-5-4-6-13/h7-9,13,16H,4-6H2,1-3H3,(H,17,18). The molecule has 1 atom stereocenters. The largest absolute Gasteiger partial charge is 0.480 e. The molecule has 0 aromatic heterocycles. The minimum Gasteiger partial charge on any atom is -0.480 e. The number of aryl methyl sites for hydroxylation is 2. The molecular formula is C15H21NO2. The van der Waals surface area contributed by atoms with Crippen molar-refractivity contribution in [2.24, 2.45) is 0 Å². The van der Waals surface area contributed by atoms with Crippen LogP contribution in [0.5, 0.6) is 0 Å². The topological polar surface area (TPSA) is 49.3 Å². The molecule has 18 heavy (non-hydrogen) atoms. The Kier molecular flexibility index (Phi) is 3.44. The minimum absolute atomic E-state index is 0.340. The number of carboxylic acids is 1. The Balaban J connectivity index is 2.32. The molecule has 0 bridgehead atoms. The summed E-state index contributed by atoms with van der Waals surface area (Å²) in [5.41, 5.74) is 2.18. The van der Waals surface area contributed by atoms with Crippen molar-refractivity contribution in [2.75, 3.05) is 0 Å². The molecule has 1 aromatic carbocycles. The fraction of sp³-hybridized carbons (Fsp3) is 0.533. The van der Waals surface area contributed by atoms with Gasteiger partial charge in [0.15, 0.2) is 0 Å². The van der Waals surface area contributed by atoms with Gasteiger partial charge in [0.2, 0.25) is 0 Å². The van der Waals surface area contributed by atoms with Crippen LogP contribution < -0.4 is 5.32 Å². The summed E-state index contributed by atoms with van der Waals surface area (Å²) in [7, 11) is 0. The third kappa shape index (κ3) is 2.27. The molecule has 3 heteroatoms. The van der Waals surface area contributed by atoms with Crippen molar-refractivity contribution in [3.63, 3.8) is 0 Å². The third-order valence-corrected chi connectivity index (χ3v) is 4.11. The summed E-state index contributed by atoms with van der Waals surface area (Å²) in [6, 6.07) is 6.23. The lowest BCUT2D eigenvalue weighted by Gasteiger charge is -2.36. The van der Waals surface area contributed by atoms with E-state index in [9.17, 15) is 9.90 Å². The first kappa shape index (κ1) is 13.1. The van der Waals surface area contributed by atoms with Crippen LogP contribution >= 0.6 is 0 Å². The van der Waals surface area contributed by atoms with Crippen LogP contribution in [0, 0.1) is 13.8 Å². The second-order valence-electron chi connectivity index (χ2n) is 5.50. The summed E-state index contributed by atoms with van der Waals surface area (Å²) < 4.78 is 0. The van der Waals surface area contributed by atoms with Crippen molar-refractivity contribution < 1.29 is 9.90 Å². The van der Waals surface area contributed by atoms with E-state index in [-0.39, 0.29) is 0 Å². The molecule has 98 valence electrons. The third-order valence-electron chi connectivity index (χ3n) is 4.11. The molecular weight excluding hydrogens is 226 g/mol. The molecule has 1 unspecified atom stereocenters. The highest BCUT2D eigenvalue weighted by atomic mass is 16.4. The molecule has 3 nitrogen and oxygen atoms in total. The second-order valence-corrected chi connectivity index (χ2v) is 5.50. The molecule has 2 rings (SSSR count). The van der Waals surface area contributed by atoms with E-state index in [2.05, 4.69) is 5.32 Å². The SMILES string of the molecule is Cc1ccc(C(C)(NC2CCC2)C(=O)O)cc1C. The Morgan fingerprint density at radius 1 is 1.33 bits per heavy atom. The lowest BCUT2D eigenvalue weighted by atomic mass is 9.85. The molecule has 1 aliphatic rings. The zero-order chi connectivity index (χ0) is 13.3. The lowest BCUT2D eigenvalue weighted by molar-refractivity contribution is -0.145. The number of carbonyl (C=O) groups is 1. The number of rotatable bonds is 4. The lowest BCUT2D eigenvalue weighted by Crippen LogP contribution is -2.53. The average Bonchev–Trinajstić information content (AvgIpc) is 2.26. The predicted octanol–water partition coefficient (Wildman–Crippen LogP) is 2.75. The highest BCUT2D eigenvalue weighted by Crippen LogP contribution is 2.28. The van der Waals surface area contributed by atoms with E-state index in [1.54, 1.807) is 6.92 Å². The van der Waals surface area contributed by atoms with E-state index in [1.807, 2.05) is 32.0 Å². The van der Waals surface area contributed by atoms with Gasteiger partial charge in [0.1, 0.15) is 5.54 Å². The maximum Gasteiger partial charge on any atom is 0.328 e. The molecule has 0 amide bonds. The first-order valence-corrected chi connectivity index (χ1v) is 6.52. The Morgan fingerprint density at radius 3 is 2.44 bits per heavy atom. The fourth-order valence-corrected chi connectivity index (χ4v) is 2.28. The van der Waals surface area contributed by atoms with Crippen molar-refractivity contribution in [1.29, 1.82) is 0 Å². The van der Waals surface area contributed by atoms with Gasteiger partial charge in [-0.2, -0.15) is 0 Å². The number of hydrogen-bond donors (Lipinski definition) is 2. The van der Waals surface area contributed by atoms with E-state index >= 15 is 0 Å². The second kappa shape index (κ2) is 4.73. The van der Waals surface area contributed by atoms with Crippen LogP contribution in [0.1, 0.15) is 42.9 Å². The number of nitrogens with one attached hydrogen (secondary N) is 1. The molecule has 1 aliphatic carbocycles. The molecule has 2 N–H and O–H groups in total. The van der Waals surface area contributed by atoms with Gasteiger partial charge in [-0.25, -0.2) is 4.79 Å². The van der Waals surface area contributed by atoms with E-state index in [1.165, 1.54) is 12.0 Å². The molecule has 0 aliphatic heterocycles. The number of benzene rings is 1. The Morgan fingerprint density at radius 2 is 2.00 bits per heavy atom. The Hall–Kier alpha value is -1.35. The molecule has 1 aromatic rings. The summed E-state index contributed by atoms with van der Waals surface area (Å²) >= 11 is 0. The Labute approximate surface area is 108 Å². The predicted molar refractivity (Wildman–Crippen MR) is 71.7 cm³/mol. The number of aliphatic carboxylic acids is 1. The summed E-state index contributed by atoms with van der Waals surface area (Å²) in [5.74, 6) is -0.808. The van der Waals surface area contributed by atoms with E-state index in [4.69, 9.17) is 0 Å². The van der Waals surface area contributed by atoms with Crippen LogP contribution in [0.3, 0.4) is 0 Å². The van der Waals surface area contributed by atoms with Gasteiger partial charge < -0.3 is 5.11 Å². The van der Waals surface area contributed by atoms with Crippen LogP contribution in [-0.4, -0.2) is 17.1 Å². The fourth-order valence-electron chi connectivity index (χ4n) is 2.28. The molecule has 0 heterocycles. The van der Waals surface area contributed by atoms with Gasteiger partial charge in [0.05, 0.1) is 0 Å². The van der Waals surface area contributed by atoms with Gasteiger partial charge >= 0.3 is 5.97 Å². The normalized spacial score (nSPS) is 19.1. The van der Waals surface area contributed by atoms with Crippen molar-refractivity contribution >= 4 is 5.97 Å². The van der Waals surface area contributed by atoms with E-state index in [0.717, 1.165) is 24.0 Å². The van der Waals surface area contributed by atoms with Crippen molar-refractivity contribution in [3.05, 3.63) is 34.9 Å². The molecule has 1 fully saturated rings. The zero-order valence-electron chi connectivity index (χ0n) is 11.3. The maximum absolute atomic E-state index is 11.6. The molecule has 0 saturated heterocycles. The molecule has 1 saturated carbocycles. The van der Waals surface area contributed by atoms with Crippen LogP contribution in [0.25, 0.3) is 0 Å². The minimum atomic E-state index is -0.983. The highest BCUT2D eigenvalue weighted by Gasteiger charge is 2.38. The van der Waals surface area contributed by atoms with Crippen LogP contribution in [0.4, 0.5) is 0 Å². The van der Waals surface area contributed by atoms with Gasteiger partial charge in [0.25, 0.3) is 0 Å². The first-order chi connectivity index (χ1) is 8.43. The van der Waals surface area contributed by atoms with Crippen LogP contribution in [0.2, 0.25) is 0 Å². The molecule has 0 spiro atoms. The van der Waals surface area contributed by atoms with Gasteiger partial charge in [-0.1, -0.05) is 24.6 Å². The smallest absolute Gasteiger partial charge is 0.328 e. The maximum atomic E-state index is 11.6. The van der Waals surface area contributed by atoms with E-state index < -0.39 is 11.5 Å². The summed E-state index contributed by atoms with van der Waals surface area (Å²) in [6.07, 6.45) is 3.35. The number of hydrogen-bond acceptors (Lipinski definition) is 2. The van der Waals surface area contributed by atoms with Gasteiger partial charge in [-0.3, -0.25) is 5.32 Å². The quantitative estimate of drug-likeness (QED) is 0.860. The number of carboxylic acid groups (broad SMARTS) is 1. The molecule has 0 radical (unpaired) electrons. The Bertz CT molecular complexity index is 466. The summed E-state index contributed by atoms with van der Waals surface area (Å²) in [4.78, 5) is 11.6. The van der Waals surface area contributed by atoms with E-state index in [0.29, 0.717) is 6.04 Å². The monoisotopic (exact) mass is 247 g/mol. The van der Waals surface area contributed by atoms with Gasteiger partial charge in [0, 0.05) is 6.04 Å². The first-order valence-electron chi connectivity index (χ1n) is 6.52. The van der Waals surface area contributed by atoms with Crippen LogP contribution in [0.15, 0.2) is 18.2 Å². The van der Waals surface area contributed by atoms with Crippen LogP contribution in [-0.2, 0) is 10.3 Å². The highest BCUT2D eigenvalue weighted by molar-refractivity contribution is 5.80. The van der Waals surface area contributed by atoms with Gasteiger partial charge in [-0.15, -0.1) is 0 Å². The van der Waals surface area contributed by atoms with Crippen molar-refractivity contribution in [1.82, 2.24) is 5.32 Å². The summed E-state index contributed by atoms with van der Waals surface area (Å²) in [5, 5.41) is 12.8.